The molecular formula is C20H36N4O. The molecule has 0 bridgehead atoms. The second-order valence-corrected chi connectivity index (χ2v) is 7.49. The summed E-state index contributed by atoms with van der Waals surface area (Å²) in [6.45, 7) is 3.66. The van der Waals surface area contributed by atoms with Gasteiger partial charge in [0.15, 0.2) is 0 Å². The number of amides is 1. The number of carbonyl (C=O) groups excluding carboxylic acids is 1. The van der Waals surface area contributed by atoms with Gasteiger partial charge in [-0.15, -0.1) is 0 Å². The summed E-state index contributed by atoms with van der Waals surface area (Å²) >= 11 is 0. The van der Waals surface area contributed by atoms with Crippen molar-refractivity contribution in [3.63, 3.8) is 0 Å². The van der Waals surface area contributed by atoms with Crippen LogP contribution >= 0.6 is 0 Å². The molecule has 0 unspecified atom stereocenters. The summed E-state index contributed by atoms with van der Waals surface area (Å²) in [5, 5.41) is 5.92. The van der Waals surface area contributed by atoms with E-state index >= 15 is 0 Å². The zero-order valence-corrected chi connectivity index (χ0v) is 15.9. The van der Waals surface area contributed by atoms with Gasteiger partial charge in [0.25, 0.3) is 0 Å². The molecule has 3 aliphatic rings. The molecule has 3 fully saturated rings. The molecule has 2 N–H and O–H groups in total. The van der Waals surface area contributed by atoms with Gasteiger partial charge < -0.3 is 10.6 Å². The number of likely N-dealkylation sites (N-methyl/N-ethyl adjacent to an activating group) is 1. The number of carbonyl (C=O) groups is 1. The smallest absolute Gasteiger partial charge is 0.237 e. The topological polar surface area (TPSA) is 65.8 Å². The Kier molecular flexibility index (Phi) is 9.83. The van der Waals surface area contributed by atoms with Crippen LogP contribution in [0.1, 0.15) is 84.0 Å². The molecule has 5 nitrogen and oxygen atoms in total. The van der Waals surface area contributed by atoms with Gasteiger partial charge in [-0.1, -0.05) is 38.5 Å². The molecule has 25 heavy (non-hydrogen) atoms. The van der Waals surface area contributed by atoms with Crippen LogP contribution in [0.2, 0.25) is 0 Å². The van der Waals surface area contributed by atoms with Gasteiger partial charge in [-0.3, -0.25) is 4.79 Å². The first-order valence-electron chi connectivity index (χ1n) is 10.5. The molecule has 1 heterocycles. The highest BCUT2D eigenvalue weighted by Gasteiger charge is 2.20. The van der Waals surface area contributed by atoms with Crippen LogP contribution in [0.15, 0.2) is 9.98 Å². The third-order valence-electron chi connectivity index (χ3n) is 5.36. The monoisotopic (exact) mass is 348 g/mol. The van der Waals surface area contributed by atoms with Crippen LogP contribution in [0.5, 0.6) is 0 Å². The third-order valence-corrected chi connectivity index (χ3v) is 5.36. The van der Waals surface area contributed by atoms with Crippen molar-refractivity contribution >= 4 is 11.9 Å². The molecule has 0 aromatic carbocycles. The minimum atomic E-state index is 0.0833. The largest absolute Gasteiger partial charge is 0.355 e. The average molecular weight is 349 g/mol. The number of hydrogen-bond donors (Lipinski definition) is 2. The van der Waals surface area contributed by atoms with Gasteiger partial charge in [0.05, 0.1) is 24.1 Å². The lowest BCUT2D eigenvalue weighted by Crippen LogP contribution is -2.40. The number of hydrogen-bond acceptors (Lipinski definition) is 4. The van der Waals surface area contributed by atoms with Gasteiger partial charge in [0.1, 0.15) is 0 Å². The van der Waals surface area contributed by atoms with Crippen LogP contribution < -0.4 is 10.6 Å². The fourth-order valence-corrected chi connectivity index (χ4v) is 3.82. The van der Waals surface area contributed by atoms with Crippen LogP contribution in [0.4, 0.5) is 0 Å². The van der Waals surface area contributed by atoms with Gasteiger partial charge in [-0.2, -0.15) is 0 Å². The Hall–Kier alpha value is -1.19. The fourth-order valence-electron chi connectivity index (χ4n) is 3.82. The maximum absolute atomic E-state index is 11.1. The molecule has 3 rings (SSSR count). The van der Waals surface area contributed by atoms with E-state index in [9.17, 15) is 4.79 Å². The Bertz CT molecular complexity index is 405. The maximum atomic E-state index is 11.1. The zero-order chi connectivity index (χ0) is 17.7. The lowest BCUT2D eigenvalue weighted by atomic mass is 9.96. The van der Waals surface area contributed by atoms with Crippen molar-refractivity contribution in [2.45, 2.75) is 102 Å². The Labute approximate surface area is 153 Å². The van der Waals surface area contributed by atoms with Gasteiger partial charge in [-0.05, 0) is 52.0 Å². The first-order chi connectivity index (χ1) is 12.3. The summed E-state index contributed by atoms with van der Waals surface area (Å²) in [6, 6.07) is 4.12. The van der Waals surface area contributed by atoms with Gasteiger partial charge in [0.2, 0.25) is 5.91 Å². The number of nitrogens with zero attached hydrogens (tertiary/aromatic N) is 2. The second-order valence-electron chi connectivity index (χ2n) is 7.49. The highest BCUT2D eigenvalue weighted by molar-refractivity contribution is 5.81. The Morgan fingerprint density at radius 3 is 1.92 bits per heavy atom. The van der Waals surface area contributed by atoms with Crippen molar-refractivity contribution < 1.29 is 4.79 Å². The SMILES string of the molecule is C(=NC1CCCCC1)=NC1CCCCC1.CCNC(=O)[C@@H]1CCCN1. The van der Waals surface area contributed by atoms with E-state index in [1.807, 2.05) is 6.92 Å². The molecule has 2 aliphatic carbocycles. The summed E-state index contributed by atoms with van der Waals surface area (Å²) in [5.41, 5.74) is 0. The predicted molar refractivity (Wildman–Crippen MR) is 103 cm³/mol. The van der Waals surface area contributed by atoms with Gasteiger partial charge in [0, 0.05) is 6.54 Å². The average Bonchev–Trinajstić information content (AvgIpc) is 3.19. The first-order valence-corrected chi connectivity index (χ1v) is 10.5. The van der Waals surface area contributed by atoms with Crippen molar-refractivity contribution in [3.05, 3.63) is 0 Å². The summed E-state index contributed by atoms with van der Waals surface area (Å²) in [4.78, 5) is 20.0. The molecule has 0 aromatic rings. The van der Waals surface area contributed by atoms with E-state index in [2.05, 4.69) is 26.6 Å². The third kappa shape index (κ3) is 8.15. The molecule has 1 amide bonds. The summed E-state index contributed by atoms with van der Waals surface area (Å²) < 4.78 is 0. The molecule has 1 atom stereocenters. The normalized spacial score (nSPS) is 24.6. The minimum absolute atomic E-state index is 0.0833. The summed E-state index contributed by atoms with van der Waals surface area (Å²) in [7, 11) is 0. The number of rotatable bonds is 4. The lowest BCUT2D eigenvalue weighted by Gasteiger charge is -2.17. The molecule has 142 valence electrons. The van der Waals surface area contributed by atoms with E-state index < -0.39 is 0 Å². The van der Waals surface area contributed by atoms with Crippen LogP contribution in [0.25, 0.3) is 0 Å². The van der Waals surface area contributed by atoms with E-state index in [1.165, 1.54) is 64.2 Å². The minimum Gasteiger partial charge on any atom is -0.355 e. The van der Waals surface area contributed by atoms with E-state index in [4.69, 9.17) is 0 Å². The van der Waals surface area contributed by atoms with Crippen LogP contribution in [0.3, 0.4) is 0 Å². The van der Waals surface area contributed by atoms with Crippen LogP contribution in [-0.2, 0) is 4.79 Å². The van der Waals surface area contributed by atoms with Crippen LogP contribution in [0, 0.1) is 0 Å². The highest BCUT2D eigenvalue weighted by Crippen LogP contribution is 2.21. The van der Waals surface area contributed by atoms with Crippen molar-refractivity contribution in [3.8, 4) is 0 Å². The highest BCUT2D eigenvalue weighted by atomic mass is 16.2. The first kappa shape index (κ1) is 20.1. The van der Waals surface area contributed by atoms with E-state index in [1.54, 1.807) is 0 Å². The molecule has 2 saturated carbocycles. The lowest BCUT2D eigenvalue weighted by molar-refractivity contribution is -0.122. The Morgan fingerprint density at radius 2 is 1.48 bits per heavy atom. The Balaban J connectivity index is 0.000000196. The van der Waals surface area contributed by atoms with E-state index in [0.717, 1.165) is 25.9 Å². The molecule has 5 heteroatoms. The zero-order valence-electron chi connectivity index (χ0n) is 15.9. The molecule has 0 aromatic heterocycles. The predicted octanol–water partition coefficient (Wildman–Crippen LogP) is 3.70. The fraction of sp³-hybridized carbons (Fsp3) is 0.900. The second kappa shape index (κ2) is 12.2. The molecule has 0 spiro atoms. The molecule has 1 aliphatic heterocycles. The van der Waals surface area contributed by atoms with Crippen molar-refractivity contribution in [1.82, 2.24) is 10.6 Å². The number of aliphatic imine (C=N–C) groups is 2. The summed E-state index contributed by atoms with van der Waals surface area (Å²) in [6.07, 6.45) is 15.3. The Morgan fingerprint density at radius 1 is 0.920 bits per heavy atom. The van der Waals surface area contributed by atoms with Gasteiger partial charge >= 0.3 is 0 Å². The molecule has 0 radical (unpaired) electrons. The number of nitrogens with one attached hydrogen (secondary N) is 2. The van der Waals surface area contributed by atoms with Crippen molar-refractivity contribution in [2.75, 3.05) is 13.1 Å². The van der Waals surface area contributed by atoms with E-state index in [-0.39, 0.29) is 11.9 Å². The molecule has 1 saturated heterocycles. The maximum Gasteiger partial charge on any atom is 0.237 e. The molecular weight excluding hydrogens is 312 g/mol. The van der Waals surface area contributed by atoms with Crippen LogP contribution in [-0.4, -0.2) is 43.1 Å². The van der Waals surface area contributed by atoms with Crippen molar-refractivity contribution in [1.29, 1.82) is 0 Å². The quantitative estimate of drug-likeness (QED) is 0.761. The van der Waals surface area contributed by atoms with E-state index in [0.29, 0.717) is 12.1 Å². The summed E-state index contributed by atoms with van der Waals surface area (Å²) in [5.74, 6) is 0.153. The van der Waals surface area contributed by atoms with Gasteiger partial charge in [-0.25, -0.2) is 9.98 Å². The standard InChI is InChI=1S/C13H22N2.C7H14N2O/c1-3-7-12(8-4-1)14-11-15-13-9-5-2-6-10-13;1-2-8-7(10)6-4-3-5-9-6/h12-13H,1-10H2;6,9H,2-5H2,1H3,(H,8,10)/t;6-/m.0/s1. The van der Waals surface area contributed by atoms with Crippen molar-refractivity contribution in [2.24, 2.45) is 9.98 Å².